The van der Waals surface area contributed by atoms with Crippen molar-refractivity contribution in [3.63, 3.8) is 0 Å². The van der Waals surface area contributed by atoms with Crippen LogP contribution in [0.25, 0.3) is 0 Å². The lowest BCUT2D eigenvalue weighted by Gasteiger charge is -2.21. The largest absolute Gasteiger partial charge is 0.348 e. The van der Waals surface area contributed by atoms with E-state index in [4.69, 9.17) is 9.47 Å². The third kappa shape index (κ3) is 2.68. The number of nitrogens with one attached hydrogen (secondary N) is 1. The van der Waals surface area contributed by atoms with Crippen molar-refractivity contribution in [2.24, 2.45) is 11.0 Å². The Labute approximate surface area is 124 Å². The fourth-order valence-electron chi connectivity index (χ4n) is 2.58. The molecule has 0 radical (unpaired) electrons. The summed E-state index contributed by atoms with van der Waals surface area (Å²) in [6.45, 7) is 4.43. The summed E-state index contributed by atoms with van der Waals surface area (Å²) in [4.78, 5) is 0.246. The lowest BCUT2D eigenvalue weighted by Crippen LogP contribution is -2.36. The van der Waals surface area contributed by atoms with Crippen LogP contribution in [-0.2, 0) is 19.3 Å². The molecule has 0 saturated carbocycles. The molecule has 0 aliphatic carbocycles. The molecule has 1 aromatic rings. The maximum absolute atomic E-state index is 12.7. The van der Waals surface area contributed by atoms with Gasteiger partial charge in [-0.05, 0) is 26.0 Å². The van der Waals surface area contributed by atoms with E-state index in [1.165, 1.54) is 0 Å². The van der Waals surface area contributed by atoms with Gasteiger partial charge in [0.2, 0.25) is 9.84 Å². The molecule has 0 aromatic heterocycles. The maximum Gasteiger partial charge on any atom is 0.222 e. The molecule has 1 N–H and O–H groups in total. The molecule has 3 rings (SSSR count). The first-order chi connectivity index (χ1) is 9.90. The molecular weight excluding hydrogens is 292 g/mol. The summed E-state index contributed by atoms with van der Waals surface area (Å²) in [5, 5.41) is 4.13. The van der Waals surface area contributed by atoms with Crippen LogP contribution >= 0.6 is 0 Å². The van der Waals surface area contributed by atoms with Crippen molar-refractivity contribution in [3.8, 4) is 0 Å². The van der Waals surface area contributed by atoms with Gasteiger partial charge in [-0.3, -0.25) is 0 Å². The van der Waals surface area contributed by atoms with Crippen molar-refractivity contribution >= 4 is 14.9 Å². The molecule has 0 amide bonds. The molecule has 0 spiro atoms. The first-order valence-electron chi connectivity index (χ1n) is 6.82. The quantitative estimate of drug-likeness (QED) is 0.886. The van der Waals surface area contributed by atoms with Crippen molar-refractivity contribution in [1.29, 1.82) is 0 Å². The number of nitrogens with zero attached hydrogens (tertiary/aromatic N) is 1. The number of ether oxygens (including phenoxy) is 2. The van der Waals surface area contributed by atoms with Crippen molar-refractivity contribution in [1.82, 2.24) is 5.43 Å². The summed E-state index contributed by atoms with van der Waals surface area (Å²) in [6.07, 6.45) is -0.313. The number of benzene rings is 1. The summed E-state index contributed by atoms with van der Waals surface area (Å²) in [5.41, 5.74) is 2.78. The van der Waals surface area contributed by atoms with Gasteiger partial charge in [0, 0.05) is 6.54 Å². The van der Waals surface area contributed by atoms with Gasteiger partial charge in [0.1, 0.15) is 0 Å². The van der Waals surface area contributed by atoms with Gasteiger partial charge in [-0.15, -0.1) is 0 Å². The van der Waals surface area contributed by atoms with E-state index >= 15 is 0 Å². The van der Waals surface area contributed by atoms with Crippen LogP contribution in [0.5, 0.6) is 0 Å². The van der Waals surface area contributed by atoms with Gasteiger partial charge >= 0.3 is 0 Å². The van der Waals surface area contributed by atoms with Gasteiger partial charge in [-0.1, -0.05) is 18.2 Å². The van der Waals surface area contributed by atoms with Crippen molar-refractivity contribution < 1.29 is 17.9 Å². The number of hydrogen-bond donors (Lipinski definition) is 1. The summed E-state index contributed by atoms with van der Waals surface area (Å²) in [7, 11) is -3.61. The average molecular weight is 310 g/mol. The second-order valence-corrected chi connectivity index (χ2v) is 7.50. The third-order valence-electron chi connectivity index (χ3n) is 3.63. The Kier molecular flexibility index (Phi) is 3.51. The van der Waals surface area contributed by atoms with Crippen LogP contribution in [0.4, 0.5) is 0 Å². The molecule has 0 unspecified atom stereocenters. The molecule has 2 atom stereocenters. The molecule has 2 aliphatic rings. The molecule has 7 heteroatoms. The van der Waals surface area contributed by atoms with E-state index in [-0.39, 0.29) is 22.0 Å². The van der Waals surface area contributed by atoms with Gasteiger partial charge in [-0.2, -0.15) is 5.10 Å². The minimum absolute atomic E-state index is 0.125. The molecule has 114 valence electrons. The Morgan fingerprint density at radius 2 is 2.00 bits per heavy atom. The maximum atomic E-state index is 12.7. The molecule has 0 bridgehead atoms. The van der Waals surface area contributed by atoms with Crippen molar-refractivity contribution in [2.75, 3.05) is 13.2 Å². The van der Waals surface area contributed by atoms with E-state index < -0.39 is 15.6 Å². The van der Waals surface area contributed by atoms with Crippen LogP contribution in [0.2, 0.25) is 0 Å². The lowest BCUT2D eigenvalue weighted by molar-refractivity contribution is -0.141. The fourth-order valence-corrected chi connectivity index (χ4v) is 4.15. The second-order valence-electron chi connectivity index (χ2n) is 5.60. The molecule has 1 saturated heterocycles. The average Bonchev–Trinajstić information content (AvgIpc) is 3.06. The summed E-state index contributed by atoms with van der Waals surface area (Å²) >= 11 is 0. The Bertz CT molecular complexity index is 655. The summed E-state index contributed by atoms with van der Waals surface area (Å²) in [6, 6.07) is 8.32. The zero-order valence-electron chi connectivity index (χ0n) is 11.9. The number of rotatable bonds is 2. The Hall–Kier alpha value is -1.44. The van der Waals surface area contributed by atoms with Crippen LogP contribution in [0, 0.1) is 5.92 Å². The molecule has 1 fully saturated rings. The topological polar surface area (TPSA) is 77.0 Å². The smallest absolute Gasteiger partial charge is 0.222 e. The highest BCUT2D eigenvalue weighted by Gasteiger charge is 2.44. The summed E-state index contributed by atoms with van der Waals surface area (Å²) < 4.78 is 36.7. The number of hydrogen-bond acceptors (Lipinski definition) is 6. The van der Waals surface area contributed by atoms with Gasteiger partial charge in [0.05, 0.1) is 23.5 Å². The third-order valence-corrected chi connectivity index (χ3v) is 5.46. The van der Waals surface area contributed by atoms with Crippen molar-refractivity contribution in [2.45, 2.75) is 30.6 Å². The van der Waals surface area contributed by atoms with Crippen LogP contribution in [0.15, 0.2) is 40.3 Å². The van der Waals surface area contributed by atoms with Gasteiger partial charge in [-0.25, -0.2) is 8.42 Å². The predicted octanol–water partition coefficient (Wildman–Crippen LogP) is 1.14. The van der Waals surface area contributed by atoms with Crippen molar-refractivity contribution in [3.05, 3.63) is 30.3 Å². The van der Waals surface area contributed by atoms with Gasteiger partial charge < -0.3 is 14.9 Å². The highest BCUT2D eigenvalue weighted by molar-refractivity contribution is 8.06. The highest BCUT2D eigenvalue weighted by Crippen LogP contribution is 2.31. The standard InChI is InChI=1S/C14H18N2O4S/c1-14(2)19-9-12(20-14)11-8-15-16-13(11)21(17,18)10-6-4-3-5-7-10/h3-7,11-12,15H,8-9H2,1-2H3/t11-,12+/m0/s1. The zero-order chi connectivity index (χ0) is 15.1. The van der Waals surface area contributed by atoms with E-state index in [2.05, 4.69) is 10.5 Å². The normalized spacial score (nSPS) is 28.2. The predicted molar refractivity (Wildman–Crippen MR) is 77.5 cm³/mol. The van der Waals surface area contributed by atoms with E-state index in [1.54, 1.807) is 30.3 Å². The molecule has 1 aromatic carbocycles. The molecule has 21 heavy (non-hydrogen) atoms. The molecule has 2 aliphatic heterocycles. The monoisotopic (exact) mass is 310 g/mol. The van der Waals surface area contributed by atoms with E-state index in [9.17, 15) is 8.42 Å². The Balaban J connectivity index is 1.88. The first kappa shape index (κ1) is 14.5. The number of hydrazone groups is 1. The summed E-state index contributed by atoms with van der Waals surface area (Å²) in [5.74, 6) is -1.02. The van der Waals surface area contributed by atoms with Gasteiger partial charge in [0.25, 0.3) is 0 Å². The lowest BCUT2D eigenvalue weighted by atomic mass is 10.1. The first-order valence-corrected chi connectivity index (χ1v) is 8.31. The highest BCUT2D eigenvalue weighted by atomic mass is 32.2. The zero-order valence-corrected chi connectivity index (χ0v) is 12.8. The van der Waals surface area contributed by atoms with Crippen LogP contribution in [-0.4, -0.2) is 38.5 Å². The molecule has 6 nitrogen and oxygen atoms in total. The van der Waals surface area contributed by atoms with Gasteiger partial charge in [0.15, 0.2) is 10.8 Å². The fraction of sp³-hybridized carbons (Fsp3) is 0.500. The SMILES string of the molecule is CC1(C)OC[C@H]([C@@H]2CNN=C2S(=O)(=O)c2ccccc2)O1. The minimum atomic E-state index is -3.61. The van der Waals surface area contributed by atoms with E-state index in [0.717, 1.165) is 0 Å². The Morgan fingerprint density at radius 3 is 2.62 bits per heavy atom. The Morgan fingerprint density at radius 1 is 1.29 bits per heavy atom. The molecule has 2 heterocycles. The number of sulfone groups is 1. The minimum Gasteiger partial charge on any atom is -0.348 e. The van der Waals surface area contributed by atoms with Crippen LogP contribution < -0.4 is 5.43 Å². The molecular formula is C14H18N2O4S. The van der Waals surface area contributed by atoms with Crippen LogP contribution in [0.1, 0.15) is 13.8 Å². The second kappa shape index (κ2) is 5.08. The van der Waals surface area contributed by atoms with Crippen LogP contribution in [0.3, 0.4) is 0 Å². The van der Waals surface area contributed by atoms with E-state index in [0.29, 0.717) is 13.2 Å². The van der Waals surface area contributed by atoms with E-state index in [1.807, 2.05) is 13.8 Å².